The minimum atomic E-state index is 0.392. The zero-order valence-corrected chi connectivity index (χ0v) is 12.8. The largest absolute Gasteiger partial charge is 0.370 e. The molecule has 0 aliphatic carbocycles. The minimum Gasteiger partial charge on any atom is -0.370 e. The smallest absolute Gasteiger partial charge is 0.0555 e. The Balaban J connectivity index is 2.16. The molecule has 0 amide bonds. The Hall–Kier alpha value is -2.24. The Kier molecular flexibility index (Phi) is 5.43. The van der Waals surface area contributed by atoms with Gasteiger partial charge in [-0.2, -0.15) is 0 Å². The molecule has 0 radical (unpaired) electrons. The molecular formula is C19H22N2. The van der Waals surface area contributed by atoms with Crippen LogP contribution in [0.1, 0.15) is 23.6 Å². The molecule has 0 heterocycles. The molecule has 0 aliphatic rings. The third-order valence-corrected chi connectivity index (χ3v) is 3.54. The molecule has 2 rings (SSSR count). The molecule has 0 spiro atoms. The summed E-state index contributed by atoms with van der Waals surface area (Å²) in [5.74, 6) is 6.08. The van der Waals surface area contributed by atoms with Gasteiger partial charge in [-0.1, -0.05) is 49.1 Å². The molecule has 0 saturated carbocycles. The van der Waals surface area contributed by atoms with Gasteiger partial charge in [0.05, 0.1) is 6.54 Å². The molecule has 0 aromatic heterocycles. The number of aryl methyl sites for hydroxylation is 1. The fraction of sp³-hybridized carbons (Fsp3) is 0.263. The van der Waals surface area contributed by atoms with Crippen LogP contribution < -0.4 is 10.6 Å². The molecule has 2 nitrogen and oxygen atoms in total. The van der Waals surface area contributed by atoms with Gasteiger partial charge in [0, 0.05) is 24.8 Å². The van der Waals surface area contributed by atoms with E-state index in [1.165, 1.54) is 16.8 Å². The van der Waals surface area contributed by atoms with Crippen molar-refractivity contribution >= 4 is 5.69 Å². The number of anilines is 1. The fourth-order valence-electron chi connectivity index (χ4n) is 2.26. The van der Waals surface area contributed by atoms with Gasteiger partial charge < -0.3 is 10.6 Å². The van der Waals surface area contributed by atoms with Crippen LogP contribution in [0.5, 0.6) is 0 Å². The zero-order valence-electron chi connectivity index (χ0n) is 12.8. The Bertz CT molecular complexity index is 633. The van der Waals surface area contributed by atoms with E-state index in [9.17, 15) is 0 Å². The van der Waals surface area contributed by atoms with Gasteiger partial charge in [-0.05, 0) is 35.7 Å². The van der Waals surface area contributed by atoms with Crippen molar-refractivity contribution in [1.82, 2.24) is 0 Å². The first kappa shape index (κ1) is 15.2. The Morgan fingerprint density at radius 1 is 1.05 bits per heavy atom. The number of benzene rings is 2. The summed E-state index contributed by atoms with van der Waals surface area (Å²) in [6.07, 6.45) is 1.07. The van der Waals surface area contributed by atoms with Crippen molar-refractivity contribution in [2.45, 2.75) is 19.9 Å². The molecule has 0 fully saturated rings. The third kappa shape index (κ3) is 4.11. The van der Waals surface area contributed by atoms with Crippen LogP contribution in [-0.2, 0) is 13.0 Å². The summed E-state index contributed by atoms with van der Waals surface area (Å²) in [6.45, 7) is 3.40. The Morgan fingerprint density at radius 3 is 2.43 bits per heavy atom. The van der Waals surface area contributed by atoms with Gasteiger partial charge in [-0.25, -0.2) is 0 Å². The SMILES string of the molecule is CCc1ccc(N(C)Cc2ccccc2C#CCN)cc1. The average molecular weight is 278 g/mol. The van der Waals surface area contributed by atoms with Gasteiger partial charge in [0.25, 0.3) is 0 Å². The monoisotopic (exact) mass is 278 g/mol. The van der Waals surface area contributed by atoms with Crippen molar-refractivity contribution in [3.05, 3.63) is 65.2 Å². The number of nitrogens with zero attached hydrogens (tertiary/aromatic N) is 1. The molecule has 0 saturated heterocycles. The summed E-state index contributed by atoms with van der Waals surface area (Å²) < 4.78 is 0. The number of nitrogens with two attached hydrogens (primary N) is 1. The third-order valence-electron chi connectivity index (χ3n) is 3.54. The lowest BCUT2D eigenvalue weighted by Gasteiger charge is -2.20. The van der Waals surface area contributed by atoms with Crippen molar-refractivity contribution in [1.29, 1.82) is 0 Å². The fourth-order valence-corrected chi connectivity index (χ4v) is 2.26. The highest BCUT2D eigenvalue weighted by Gasteiger charge is 2.05. The molecule has 108 valence electrons. The molecule has 21 heavy (non-hydrogen) atoms. The van der Waals surface area contributed by atoms with Crippen LogP contribution in [0.3, 0.4) is 0 Å². The topological polar surface area (TPSA) is 29.3 Å². The van der Waals surface area contributed by atoms with E-state index in [1.807, 2.05) is 12.1 Å². The molecular weight excluding hydrogens is 256 g/mol. The first-order valence-electron chi connectivity index (χ1n) is 7.31. The predicted molar refractivity (Wildman–Crippen MR) is 90.3 cm³/mol. The molecule has 0 bridgehead atoms. The minimum absolute atomic E-state index is 0.392. The van der Waals surface area contributed by atoms with Crippen LogP contribution in [0.4, 0.5) is 5.69 Å². The predicted octanol–water partition coefficient (Wildman–Crippen LogP) is 3.20. The summed E-state index contributed by atoms with van der Waals surface area (Å²) >= 11 is 0. The molecule has 2 heteroatoms. The molecule has 0 unspecified atom stereocenters. The maximum absolute atomic E-state index is 5.46. The lowest BCUT2D eigenvalue weighted by Crippen LogP contribution is -2.17. The Morgan fingerprint density at radius 2 is 1.76 bits per heavy atom. The summed E-state index contributed by atoms with van der Waals surface area (Å²) in [7, 11) is 2.11. The van der Waals surface area contributed by atoms with Gasteiger partial charge in [0.15, 0.2) is 0 Å². The van der Waals surface area contributed by atoms with Gasteiger partial charge in [-0.15, -0.1) is 0 Å². The number of hydrogen-bond acceptors (Lipinski definition) is 2. The van der Waals surface area contributed by atoms with E-state index in [-0.39, 0.29) is 0 Å². The summed E-state index contributed by atoms with van der Waals surface area (Å²) in [4.78, 5) is 2.24. The van der Waals surface area contributed by atoms with Gasteiger partial charge >= 0.3 is 0 Å². The molecule has 2 aromatic rings. The highest BCUT2D eigenvalue weighted by molar-refractivity contribution is 5.49. The summed E-state index contributed by atoms with van der Waals surface area (Å²) in [5.41, 5.74) is 10.3. The van der Waals surface area contributed by atoms with E-state index in [2.05, 4.69) is 67.1 Å². The van der Waals surface area contributed by atoms with Crippen LogP contribution in [0.15, 0.2) is 48.5 Å². The lowest BCUT2D eigenvalue weighted by atomic mass is 10.1. The highest BCUT2D eigenvalue weighted by atomic mass is 15.1. The van der Waals surface area contributed by atoms with Crippen LogP contribution in [0, 0.1) is 11.8 Å². The van der Waals surface area contributed by atoms with E-state index in [0.29, 0.717) is 6.54 Å². The highest BCUT2D eigenvalue weighted by Crippen LogP contribution is 2.18. The van der Waals surface area contributed by atoms with E-state index in [1.54, 1.807) is 0 Å². The zero-order chi connectivity index (χ0) is 15.1. The second-order valence-corrected chi connectivity index (χ2v) is 5.04. The number of rotatable bonds is 4. The van der Waals surface area contributed by atoms with Crippen molar-refractivity contribution in [3.8, 4) is 11.8 Å². The van der Waals surface area contributed by atoms with Crippen LogP contribution in [-0.4, -0.2) is 13.6 Å². The molecule has 0 atom stereocenters. The van der Waals surface area contributed by atoms with Crippen molar-refractivity contribution in [3.63, 3.8) is 0 Å². The van der Waals surface area contributed by atoms with Crippen LogP contribution >= 0.6 is 0 Å². The van der Waals surface area contributed by atoms with Crippen LogP contribution in [0.25, 0.3) is 0 Å². The van der Waals surface area contributed by atoms with E-state index in [4.69, 9.17) is 5.73 Å². The maximum atomic E-state index is 5.46. The van der Waals surface area contributed by atoms with Gasteiger partial charge in [0.1, 0.15) is 0 Å². The van der Waals surface area contributed by atoms with Gasteiger partial charge in [-0.3, -0.25) is 0 Å². The van der Waals surface area contributed by atoms with Gasteiger partial charge in [0.2, 0.25) is 0 Å². The summed E-state index contributed by atoms with van der Waals surface area (Å²) in [5, 5.41) is 0. The quantitative estimate of drug-likeness (QED) is 0.870. The molecule has 2 aromatic carbocycles. The lowest BCUT2D eigenvalue weighted by molar-refractivity contribution is 0.919. The number of hydrogen-bond donors (Lipinski definition) is 1. The second-order valence-electron chi connectivity index (χ2n) is 5.04. The van der Waals surface area contributed by atoms with Crippen LogP contribution in [0.2, 0.25) is 0 Å². The normalized spacial score (nSPS) is 9.86. The first-order chi connectivity index (χ1) is 10.2. The Labute approximate surface area is 127 Å². The standard InChI is InChI=1S/C19H22N2/c1-3-16-10-12-19(13-11-16)21(2)15-18-8-5-4-7-17(18)9-6-14-20/h4-5,7-8,10-13H,3,14-15,20H2,1-2H3. The summed E-state index contributed by atoms with van der Waals surface area (Å²) in [6, 6.07) is 17.0. The molecule has 0 aliphatic heterocycles. The van der Waals surface area contributed by atoms with E-state index in [0.717, 1.165) is 18.5 Å². The van der Waals surface area contributed by atoms with E-state index >= 15 is 0 Å². The van der Waals surface area contributed by atoms with Crippen molar-refractivity contribution in [2.75, 3.05) is 18.5 Å². The van der Waals surface area contributed by atoms with Crippen molar-refractivity contribution < 1.29 is 0 Å². The second kappa shape index (κ2) is 7.52. The maximum Gasteiger partial charge on any atom is 0.0555 e. The van der Waals surface area contributed by atoms with Crippen molar-refractivity contribution in [2.24, 2.45) is 5.73 Å². The molecule has 2 N–H and O–H groups in total. The first-order valence-corrected chi connectivity index (χ1v) is 7.31. The van der Waals surface area contributed by atoms with E-state index < -0.39 is 0 Å². The average Bonchev–Trinajstić information content (AvgIpc) is 2.54.